The van der Waals surface area contributed by atoms with Crippen LogP contribution in [0.5, 0.6) is 11.6 Å². The Kier molecular flexibility index (Phi) is 3.87. The second-order valence-electron chi connectivity index (χ2n) is 4.92. The maximum Gasteiger partial charge on any atom is 0.296 e. The molecule has 23 heavy (non-hydrogen) atoms. The monoisotopic (exact) mass is 373 g/mol. The first kappa shape index (κ1) is 15.2. The summed E-state index contributed by atoms with van der Waals surface area (Å²) in [5, 5.41) is 27.9. The van der Waals surface area contributed by atoms with Crippen LogP contribution in [0.2, 0.25) is 0 Å². The van der Waals surface area contributed by atoms with Crippen molar-refractivity contribution in [2.75, 3.05) is 0 Å². The summed E-state index contributed by atoms with van der Waals surface area (Å²) in [4.78, 5) is 12.2. The Morgan fingerprint density at radius 3 is 2.70 bits per heavy atom. The largest absolute Gasteiger partial charge is 0.508 e. The summed E-state index contributed by atoms with van der Waals surface area (Å²) in [5.41, 5.74) is 1.20. The fraction of sp³-hybridized carbons (Fsp3) is 0.0625. The number of carbonyl (C=O) groups is 1. The molecule has 1 heterocycles. The summed E-state index contributed by atoms with van der Waals surface area (Å²) in [6.07, 6.45) is 0. The van der Waals surface area contributed by atoms with Crippen molar-refractivity contribution >= 4 is 38.4 Å². The standard InChI is InChI=1S/C16H12BrN3O3/c1-20-13-5-3-2-4-10(13)14(16(20)23)18-19-15(22)11-8-9(21)6-7-12(11)17/h2-8,21,23H,1H3. The van der Waals surface area contributed by atoms with Crippen LogP contribution in [0.25, 0.3) is 10.9 Å². The highest BCUT2D eigenvalue weighted by atomic mass is 79.9. The van der Waals surface area contributed by atoms with Crippen molar-refractivity contribution in [2.24, 2.45) is 17.3 Å². The van der Waals surface area contributed by atoms with Gasteiger partial charge in [0.2, 0.25) is 5.88 Å². The van der Waals surface area contributed by atoms with Crippen molar-refractivity contribution in [3.05, 3.63) is 52.5 Å². The first-order valence-corrected chi connectivity index (χ1v) is 7.49. The number of aromatic nitrogens is 1. The van der Waals surface area contributed by atoms with Gasteiger partial charge in [0.15, 0.2) is 5.69 Å². The molecule has 2 N–H and O–H groups in total. The molecule has 0 aliphatic heterocycles. The Labute approximate surface area is 139 Å². The third kappa shape index (κ3) is 2.70. The lowest BCUT2D eigenvalue weighted by Crippen LogP contribution is -1.94. The Morgan fingerprint density at radius 2 is 1.91 bits per heavy atom. The number of benzene rings is 2. The molecule has 0 fully saturated rings. The fourth-order valence-electron chi connectivity index (χ4n) is 2.28. The highest BCUT2D eigenvalue weighted by Crippen LogP contribution is 2.37. The van der Waals surface area contributed by atoms with Gasteiger partial charge in [-0.1, -0.05) is 18.2 Å². The van der Waals surface area contributed by atoms with Crippen molar-refractivity contribution < 1.29 is 15.0 Å². The molecule has 0 saturated heterocycles. The van der Waals surface area contributed by atoms with E-state index >= 15 is 0 Å². The molecule has 0 saturated carbocycles. The van der Waals surface area contributed by atoms with Gasteiger partial charge in [-0.3, -0.25) is 4.79 Å². The van der Waals surface area contributed by atoms with E-state index in [9.17, 15) is 15.0 Å². The van der Waals surface area contributed by atoms with Gasteiger partial charge in [-0.05, 0) is 40.2 Å². The van der Waals surface area contributed by atoms with Crippen LogP contribution >= 0.6 is 15.9 Å². The molecule has 6 nitrogen and oxygen atoms in total. The van der Waals surface area contributed by atoms with Crippen molar-refractivity contribution in [1.82, 2.24) is 4.57 Å². The number of hydrogen-bond acceptors (Lipinski definition) is 4. The first-order valence-electron chi connectivity index (χ1n) is 6.70. The van der Waals surface area contributed by atoms with Gasteiger partial charge in [-0.15, -0.1) is 10.2 Å². The first-order chi connectivity index (χ1) is 11.0. The number of hydrogen-bond donors (Lipinski definition) is 2. The zero-order valence-corrected chi connectivity index (χ0v) is 13.6. The van der Waals surface area contributed by atoms with Gasteiger partial charge in [0.1, 0.15) is 5.75 Å². The molecule has 0 aliphatic rings. The average Bonchev–Trinajstić information content (AvgIpc) is 2.79. The lowest BCUT2D eigenvalue weighted by Gasteiger charge is -1.99. The quantitative estimate of drug-likeness (QED) is 0.657. The summed E-state index contributed by atoms with van der Waals surface area (Å²) in [6.45, 7) is 0. The molecule has 7 heteroatoms. The van der Waals surface area contributed by atoms with E-state index in [0.717, 1.165) is 5.52 Å². The normalized spacial score (nSPS) is 11.4. The highest BCUT2D eigenvalue weighted by molar-refractivity contribution is 9.10. The van der Waals surface area contributed by atoms with Crippen LogP contribution in [0.1, 0.15) is 10.4 Å². The Morgan fingerprint density at radius 1 is 1.17 bits per heavy atom. The number of nitrogens with zero attached hydrogens (tertiary/aromatic N) is 3. The van der Waals surface area contributed by atoms with Gasteiger partial charge in [0.25, 0.3) is 5.91 Å². The van der Waals surface area contributed by atoms with Crippen LogP contribution in [-0.2, 0) is 7.05 Å². The number of fused-ring (bicyclic) bond motifs is 1. The number of aryl methyl sites for hydroxylation is 1. The van der Waals surface area contributed by atoms with E-state index in [-0.39, 0.29) is 22.9 Å². The zero-order chi connectivity index (χ0) is 16.6. The van der Waals surface area contributed by atoms with E-state index in [1.54, 1.807) is 23.7 Å². The fourth-order valence-corrected chi connectivity index (χ4v) is 2.70. The van der Waals surface area contributed by atoms with Crippen molar-refractivity contribution in [1.29, 1.82) is 0 Å². The van der Waals surface area contributed by atoms with Gasteiger partial charge in [-0.2, -0.15) is 0 Å². The van der Waals surface area contributed by atoms with E-state index in [0.29, 0.717) is 9.86 Å². The van der Waals surface area contributed by atoms with Crippen molar-refractivity contribution in [3.8, 4) is 11.6 Å². The molecule has 0 radical (unpaired) electrons. The Hall–Kier alpha value is -2.67. The summed E-state index contributed by atoms with van der Waals surface area (Å²) in [5.74, 6) is -0.738. The smallest absolute Gasteiger partial charge is 0.296 e. The molecule has 1 aromatic heterocycles. The van der Waals surface area contributed by atoms with E-state index in [1.807, 2.05) is 18.2 Å². The number of halogens is 1. The van der Waals surface area contributed by atoms with Crippen LogP contribution < -0.4 is 0 Å². The number of carbonyl (C=O) groups excluding carboxylic acids is 1. The van der Waals surface area contributed by atoms with E-state index in [4.69, 9.17) is 0 Å². The second kappa shape index (κ2) is 5.85. The van der Waals surface area contributed by atoms with Gasteiger partial charge in [-0.25, -0.2) is 0 Å². The number of rotatable bonds is 2. The summed E-state index contributed by atoms with van der Waals surface area (Å²) in [6, 6.07) is 11.6. The maximum atomic E-state index is 12.2. The highest BCUT2D eigenvalue weighted by Gasteiger charge is 2.15. The van der Waals surface area contributed by atoms with Gasteiger partial charge in [0, 0.05) is 16.9 Å². The summed E-state index contributed by atoms with van der Waals surface area (Å²) >= 11 is 3.23. The number of phenols is 1. The second-order valence-corrected chi connectivity index (χ2v) is 5.77. The van der Waals surface area contributed by atoms with Gasteiger partial charge in [0.05, 0.1) is 11.1 Å². The van der Waals surface area contributed by atoms with Gasteiger partial charge < -0.3 is 14.8 Å². The molecular weight excluding hydrogens is 362 g/mol. The lowest BCUT2D eigenvalue weighted by atomic mass is 10.2. The maximum absolute atomic E-state index is 12.2. The molecule has 3 aromatic rings. The number of amides is 1. The number of para-hydroxylation sites is 1. The van der Waals surface area contributed by atoms with E-state index < -0.39 is 5.91 Å². The van der Waals surface area contributed by atoms with Gasteiger partial charge >= 0.3 is 0 Å². The number of phenolic OH excluding ortho intramolecular Hbond substituents is 1. The van der Waals surface area contributed by atoms with Crippen LogP contribution in [0.15, 0.2) is 57.2 Å². The molecule has 0 aliphatic carbocycles. The molecule has 116 valence electrons. The van der Waals surface area contributed by atoms with Crippen molar-refractivity contribution in [2.45, 2.75) is 0 Å². The molecule has 0 unspecified atom stereocenters. The average molecular weight is 374 g/mol. The summed E-state index contributed by atoms with van der Waals surface area (Å²) < 4.78 is 2.07. The lowest BCUT2D eigenvalue weighted by molar-refractivity contribution is 0.0994. The summed E-state index contributed by atoms with van der Waals surface area (Å²) in [7, 11) is 1.70. The topological polar surface area (TPSA) is 87.2 Å². The van der Waals surface area contributed by atoms with Crippen LogP contribution in [0.3, 0.4) is 0 Å². The number of azo groups is 1. The third-order valence-electron chi connectivity index (χ3n) is 3.47. The van der Waals surface area contributed by atoms with Crippen LogP contribution in [0.4, 0.5) is 5.69 Å². The molecule has 0 bridgehead atoms. The molecule has 1 amide bonds. The zero-order valence-electron chi connectivity index (χ0n) is 12.1. The molecule has 0 spiro atoms. The van der Waals surface area contributed by atoms with Crippen LogP contribution in [0, 0.1) is 0 Å². The third-order valence-corrected chi connectivity index (χ3v) is 4.16. The molecule has 3 rings (SSSR count). The minimum atomic E-state index is -0.625. The molecule has 2 aromatic carbocycles. The minimum Gasteiger partial charge on any atom is -0.508 e. The predicted molar refractivity (Wildman–Crippen MR) is 89.2 cm³/mol. The predicted octanol–water partition coefficient (Wildman–Crippen LogP) is 4.28. The van der Waals surface area contributed by atoms with E-state index in [2.05, 4.69) is 26.2 Å². The molecule has 0 atom stereocenters. The van der Waals surface area contributed by atoms with E-state index in [1.165, 1.54) is 12.1 Å². The Balaban J connectivity index is 2.02. The Bertz CT molecular complexity index is 947. The van der Waals surface area contributed by atoms with Crippen LogP contribution in [-0.4, -0.2) is 20.7 Å². The SMILES string of the molecule is Cn1c(O)c(N=NC(=O)c2cc(O)ccc2Br)c2ccccc21. The minimum absolute atomic E-state index is 0.0419. The number of aromatic hydroxyl groups is 2. The molecular formula is C16H12BrN3O3. The van der Waals surface area contributed by atoms with Crippen molar-refractivity contribution in [3.63, 3.8) is 0 Å².